The van der Waals surface area contributed by atoms with Crippen molar-refractivity contribution in [1.29, 1.82) is 0 Å². The minimum absolute atomic E-state index is 0.0579. The average molecular weight is 1330 g/mol. The summed E-state index contributed by atoms with van der Waals surface area (Å²) in [6.07, 6.45) is 111. The highest BCUT2D eigenvalue weighted by molar-refractivity contribution is 7.47. The Balaban J connectivity index is 4.03. The molecule has 0 aromatic rings. The van der Waals surface area contributed by atoms with Crippen molar-refractivity contribution in [3.63, 3.8) is 0 Å². The number of quaternary nitrogens is 1. The van der Waals surface area contributed by atoms with Gasteiger partial charge in [-0.15, -0.1) is 0 Å². The molecule has 0 aliphatic heterocycles. The van der Waals surface area contributed by atoms with E-state index in [0.717, 1.165) is 96.3 Å². The maximum absolute atomic E-state index is 13.1. The third kappa shape index (κ3) is 76.3. The van der Waals surface area contributed by atoms with Gasteiger partial charge in [-0.2, -0.15) is 0 Å². The van der Waals surface area contributed by atoms with Crippen LogP contribution in [0.1, 0.15) is 361 Å². The first-order valence-electron chi connectivity index (χ1n) is 39.9. The summed E-state index contributed by atoms with van der Waals surface area (Å²) >= 11 is 0. The Hall–Kier alpha value is -3.10. The monoisotopic (exact) mass is 1330 g/mol. The fourth-order valence-electron chi connectivity index (χ4n) is 11.6. The molecule has 0 aromatic carbocycles. The normalized spacial score (nSPS) is 14.2. The zero-order valence-electron chi connectivity index (χ0n) is 62.4. The van der Waals surface area contributed by atoms with Crippen molar-refractivity contribution in [2.45, 2.75) is 373 Å². The molecular formula is C85H154N2O6P+. The van der Waals surface area contributed by atoms with Crippen LogP contribution in [0.4, 0.5) is 0 Å². The van der Waals surface area contributed by atoms with E-state index < -0.39 is 20.0 Å². The number of nitrogens with zero attached hydrogens (tertiary/aromatic N) is 1. The van der Waals surface area contributed by atoms with E-state index in [1.807, 2.05) is 27.2 Å². The van der Waals surface area contributed by atoms with E-state index in [1.54, 1.807) is 6.08 Å². The van der Waals surface area contributed by atoms with Gasteiger partial charge in [0.25, 0.3) is 0 Å². The summed E-state index contributed by atoms with van der Waals surface area (Å²) in [7, 11) is 1.57. The fraction of sp³-hybridized carbons (Fsp3) is 0.753. The smallest absolute Gasteiger partial charge is 0.387 e. The van der Waals surface area contributed by atoms with Crippen molar-refractivity contribution in [3.05, 3.63) is 122 Å². The number of allylic oxidation sites excluding steroid dienone is 19. The van der Waals surface area contributed by atoms with Crippen LogP contribution in [0, 0.1) is 0 Å². The summed E-state index contributed by atoms with van der Waals surface area (Å²) < 4.78 is 23.9. The number of rotatable bonds is 73. The van der Waals surface area contributed by atoms with Gasteiger partial charge in [0.2, 0.25) is 5.91 Å². The molecule has 0 radical (unpaired) electrons. The molecule has 0 rings (SSSR count). The van der Waals surface area contributed by atoms with E-state index in [1.165, 1.54) is 244 Å². The van der Waals surface area contributed by atoms with Crippen LogP contribution in [0.15, 0.2) is 122 Å². The molecule has 0 saturated heterocycles. The van der Waals surface area contributed by atoms with Crippen molar-refractivity contribution in [2.24, 2.45) is 0 Å². The van der Waals surface area contributed by atoms with Gasteiger partial charge < -0.3 is 19.8 Å². The van der Waals surface area contributed by atoms with Crippen LogP contribution in [0.5, 0.6) is 0 Å². The van der Waals surface area contributed by atoms with Crippen molar-refractivity contribution in [3.8, 4) is 0 Å². The zero-order valence-corrected chi connectivity index (χ0v) is 63.3. The summed E-state index contributed by atoms with van der Waals surface area (Å²) in [4.78, 5) is 23.5. The second-order valence-corrected chi connectivity index (χ2v) is 29.5. The first-order chi connectivity index (χ1) is 46.0. The second-order valence-electron chi connectivity index (χ2n) is 28.1. The molecule has 94 heavy (non-hydrogen) atoms. The molecule has 3 N–H and O–H groups in total. The van der Waals surface area contributed by atoms with E-state index in [-0.39, 0.29) is 19.1 Å². The number of hydrogen-bond donors (Lipinski definition) is 3. The maximum Gasteiger partial charge on any atom is 0.472 e. The lowest BCUT2D eigenvalue weighted by Crippen LogP contribution is -2.45. The number of carbonyl (C=O) groups is 1. The van der Waals surface area contributed by atoms with Gasteiger partial charge in [-0.05, 0) is 89.9 Å². The molecule has 8 nitrogen and oxygen atoms in total. The highest BCUT2D eigenvalue weighted by atomic mass is 31.2. The van der Waals surface area contributed by atoms with Crippen LogP contribution in [0.3, 0.4) is 0 Å². The van der Waals surface area contributed by atoms with Crippen molar-refractivity contribution in [1.82, 2.24) is 5.32 Å². The van der Waals surface area contributed by atoms with Gasteiger partial charge in [0.15, 0.2) is 0 Å². The van der Waals surface area contributed by atoms with Crippen LogP contribution in [0.2, 0.25) is 0 Å². The first kappa shape index (κ1) is 90.9. The maximum atomic E-state index is 13.1. The molecule has 3 unspecified atom stereocenters. The number of phosphoric acid groups is 1. The highest BCUT2D eigenvalue weighted by Gasteiger charge is 2.28. The summed E-state index contributed by atoms with van der Waals surface area (Å²) in [5, 5.41) is 14.1. The lowest BCUT2D eigenvalue weighted by Gasteiger charge is -2.25. The van der Waals surface area contributed by atoms with Gasteiger partial charge in [-0.3, -0.25) is 13.8 Å². The Labute approximate surface area is 584 Å². The van der Waals surface area contributed by atoms with E-state index >= 15 is 0 Å². The lowest BCUT2D eigenvalue weighted by atomic mass is 10.0. The molecule has 0 heterocycles. The van der Waals surface area contributed by atoms with Crippen LogP contribution in [-0.4, -0.2) is 73.4 Å². The minimum Gasteiger partial charge on any atom is -0.387 e. The molecule has 0 aromatic heterocycles. The Morgan fingerprint density at radius 1 is 0.372 bits per heavy atom. The number of carbonyl (C=O) groups excluding carboxylic acids is 1. The number of likely N-dealkylation sites (N-methyl/N-ethyl adjacent to an activating group) is 1. The molecule has 544 valence electrons. The summed E-state index contributed by atoms with van der Waals surface area (Å²) in [6.45, 7) is 4.74. The largest absolute Gasteiger partial charge is 0.472 e. The van der Waals surface area contributed by atoms with E-state index in [9.17, 15) is 19.4 Å². The van der Waals surface area contributed by atoms with Gasteiger partial charge in [0, 0.05) is 6.42 Å². The van der Waals surface area contributed by atoms with E-state index in [4.69, 9.17) is 9.05 Å². The molecule has 0 aliphatic rings. The number of nitrogens with one attached hydrogen (secondary N) is 1. The SMILES string of the molecule is CC/C=C\C/C=C\C/C=C\C/C=C\C/C=C\C/C=C\C/C=C\C/C=C\C/C=C\CCCCCCCCCCCCCCCC(=O)NC(COP(=O)(O)OCC[N+](C)(C)C)C(O)/C=C/CCCCCCCCCCCCCCCCCCCCCCCCCCCCCCC. The molecule has 0 aliphatic carbocycles. The fourth-order valence-corrected chi connectivity index (χ4v) is 12.3. The standard InChI is InChI=1S/C85H153N2O6P/c1-6-8-10-12-14-16-18-20-22-24-26-28-30-32-34-36-38-39-40-41-42-43-44-45-46-47-49-51-53-55-57-59-61-63-65-67-69-71-73-75-77-79-85(89)86-83(82-93-94(90,91)92-81-80-87(3,4)5)84(88)78-76-74-72-70-68-66-64-62-60-58-56-54-52-50-48-37-35-33-31-29-27-25-23-21-19-17-15-13-11-9-7-2/h8,10,14,16,20,22,26,28,32,34,38-39,41-42,44-45,47,49,76,78,83-84,88H,6-7,9,11-13,15,17-19,21,23-25,27,29-31,33,35-37,40,43,46,48,50-75,77,79-82H2,1-5H3,(H-,86,89,90,91)/p+1/b10-8-,16-14-,22-20-,28-26-,34-32-,39-38-,42-41-,45-44-,49-47-,78-76+. The van der Waals surface area contributed by atoms with Crippen molar-refractivity contribution < 1.29 is 32.9 Å². The Kier molecular flexibility index (Phi) is 71.7. The molecule has 1 amide bonds. The van der Waals surface area contributed by atoms with E-state index in [0.29, 0.717) is 17.4 Å². The Morgan fingerprint density at radius 3 is 0.936 bits per heavy atom. The van der Waals surface area contributed by atoms with Crippen molar-refractivity contribution in [2.75, 3.05) is 40.9 Å². The number of phosphoric ester groups is 1. The van der Waals surface area contributed by atoms with Crippen LogP contribution in [-0.2, 0) is 18.4 Å². The Morgan fingerprint density at radius 2 is 0.638 bits per heavy atom. The molecule has 0 saturated carbocycles. The molecule has 3 atom stereocenters. The van der Waals surface area contributed by atoms with Gasteiger partial charge in [-0.1, -0.05) is 386 Å². The van der Waals surface area contributed by atoms with Crippen LogP contribution in [0.25, 0.3) is 0 Å². The molecule has 0 fully saturated rings. The molecular weight excluding hydrogens is 1180 g/mol. The second kappa shape index (κ2) is 74.1. The first-order valence-corrected chi connectivity index (χ1v) is 41.4. The van der Waals surface area contributed by atoms with Gasteiger partial charge >= 0.3 is 7.82 Å². The molecule has 0 spiro atoms. The number of aliphatic hydroxyl groups is 1. The Bertz CT molecular complexity index is 1960. The lowest BCUT2D eigenvalue weighted by molar-refractivity contribution is -0.870. The van der Waals surface area contributed by atoms with Gasteiger partial charge in [0.1, 0.15) is 13.2 Å². The predicted molar refractivity (Wildman–Crippen MR) is 415 cm³/mol. The van der Waals surface area contributed by atoms with Crippen molar-refractivity contribution >= 4 is 13.7 Å². The van der Waals surface area contributed by atoms with E-state index in [2.05, 4.69) is 129 Å². The van der Waals surface area contributed by atoms with Crippen LogP contribution >= 0.6 is 7.82 Å². The minimum atomic E-state index is -4.36. The number of hydrogen-bond acceptors (Lipinski definition) is 5. The topological polar surface area (TPSA) is 105 Å². The molecule has 0 bridgehead atoms. The average Bonchev–Trinajstić information content (AvgIpc) is 1.77. The summed E-state index contributed by atoms with van der Waals surface area (Å²) in [5.41, 5.74) is 0. The van der Waals surface area contributed by atoms with Crippen LogP contribution < -0.4 is 5.32 Å². The summed E-state index contributed by atoms with van der Waals surface area (Å²) in [6, 6.07) is -0.856. The third-order valence-corrected chi connectivity index (χ3v) is 18.7. The quantitative estimate of drug-likeness (QED) is 0.0243. The van der Waals surface area contributed by atoms with Gasteiger partial charge in [0.05, 0.1) is 39.9 Å². The zero-order chi connectivity index (χ0) is 68.3. The number of amides is 1. The number of aliphatic hydroxyl groups excluding tert-OH is 1. The number of unbranched alkanes of at least 4 members (excludes halogenated alkanes) is 42. The summed E-state index contributed by atoms with van der Waals surface area (Å²) in [5.74, 6) is -0.177. The predicted octanol–water partition coefficient (Wildman–Crippen LogP) is 26.3. The highest BCUT2D eigenvalue weighted by Crippen LogP contribution is 2.43. The molecule has 9 heteroatoms. The van der Waals surface area contributed by atoms with Gasteiger partial charge in [-0.25, -0.2) is 4.57 Å². The third-order valence-electron chi connectivity index (χ3n) is 17.7.